The van der Waals surface area contributed by atoms with Gasteiger partial charge in [-0.25, -0.2) is 9.97 Å². The van der Waals surface area contributed by atoms with E-state index in [4.69, 9.17) is 21.6 Å². The summed E-state index contributed by atoms with van der Waals surface area (Å²) in [6, 6.07) is 0. The van der Waals surface area contributed by atoms with Crippen molar-refractivity contribution in [1.29, 1.82) is 0 Å². The van der Waals surface area contributed by atoms with Gasteiger partial charge in [0.1, 0.15) is 35.4 Å². The van der Waals surface area contributed by atoms with Crippen LogP contribution < -0.4 is 5.73 Å². The van der Waals surface area contributed by atoms with Crippen LogP contribution in [0.15, 0.2) is 12.5 Å². The minimum atomic E-state index is -0.687. The Morgan fingerprint density at radius 3 is 2.88 bits per heavy atom. The number of fused-ring (bicyclic) bond motifs is 2. The summed E-state index contributed by atoms with van der Waals surface area (Å²) in [5, 5.41) is 10.2. The number of aliphatic hydroxyl groups excluding tert-OH is 1. The van der Waals surface area contributed by atoms with E-state index in [1.165, 1.54) is 6.33 Å². The molecule has 24 heavy (non-hydrogen) atoms. The molecule has 3 N–H and O–H groups in total. The fraction of sp³-hybridized carbons (Fsp3) is 0.500. The van der Waals surface area contributed by atoms with E-state index in [1.807, 2.05) is 24.6 Å². The third-order valence-corrected chi connectivity index (χ3v) is 5.91. The number of thioether (sulfide) groups is 1. The Morgan fingerprint density at radius 1 is 1.42 bits per heavy atom. The van der Waals surface area contributed by atoms with Gasteiger partial charge in [-0.2, -0.15) is 0 Å². The molecule has 0 radical (unpaired) electrons. The summed E-state index contributed by atoms with van der Waals surface area (Å²) in [6.45, 7) is 3.77. The standard InChI is InChI=1S/C16H18N4O3S/c1-4-8-5-20(14-10(8)13(17)18-7-19-14)15-12-11(9(6-21)24-15)22-16(2,3)23-12/h1,5,7,9,11-12,15,21H,6H2,2-3H3,(H2,17,18,19)/t9-,11?,12+,15-/m1/s1. The van der Waals surface area contributed by atoms with Crippen molar-refractivity contribution in [1.82, 2.24) is 14.5 Å². The SMILES string of the molecule is C#Cc1cn([C@@H]2S[C@H](CO)C3OC(C)(C)O[C@@H]32)c2ncnc(N)c12. The van der Waals surface area contributed by atoms with Gasteiger partial charge in [0.15, 0.2) is 5.79 Å². The van der Waals surface area contributed by atoms with E-state index in [0.717, 1.165) is 0 Å². The minimum Gasteiger partial charge on any atom is -0.395 e. The summed E-state index contributed by atoms with van der Waals surface area (Å²) in [5.74, 6) is 2.31. The third kappa shape index (κ3) is 2.20. The average molecular weight is 346 g/mol. The fourth-order valence-electron chi connectivity index (χ4n) is 3.44. The number of aliphatic hydroxyl groups is 1. The molecule has 1 unspecified atom stereocenters. The number of nitrogen functional groups attached to an aromatic ring is 1. The zero-order valence-electron chi connectivity index (χ0n) is 13.3. The summed E-state index contributed by atoms with van der Waals surface area (Å²) in [6.07, 6.45) is 8.49. The van der Waals surface area contributed by atoms with E-state index >= 15 is 0 Å². The van der Waals surface area contributed by atoms with Crippen LogP contribution in [0.3, 0.4) is 0 Å². The number of aromatic nitrogens is 3. The van der Waals surface area contributed by atoms with Gasteiger partial charge in [-0.3, -0.25) is 0 Å². The van der Waals surface area contributed by atoms with Gasteiger partial charge in [-0.1, -0.05) is 5.92 Å². The van der Waals surface area contributed by atoms with Gasteiger partial charge in [0.25, 0.3) is 0 Å². The Labute approximate surface area is 143 Å². The Bertz CT molecular complexity index is 844. The second-order valence-corrected chi connectivity index (χ2v) is 7.72. The second-order valence-electron chi connectivity index (χ2n) is 6.36. The zero-order chi connectivity index (χ0) is 17.1. The number of hydrogen-bond donors (Lipinski definition) is 2. The Balaban J connectivity index is 1.84. The van der Waals surface area contributed by atoms with Gasteiger partial charge < -0.3 is 24.9 Å². The average Bonchev–Trinajstić information content (AvgIpc) is 3.16. The van der Waals surface area contributed by atoms with Gasteiger partial charge in [0.05, 0.1) is 22.8 Å². The maximum Gasteiger partial charge on any atom is 0.163 e. The van der Waals surface area contributed by atoms with Crippen molar-refractivity contribution < 1.29 is 14.6 Å². The molecule has 7 nitrogen and oxygen atoms in total. The third-order valence-electron chi connectivity index (χ3n) is 4.37. The predicted octanol–water partition coefficient (Wildman–Crippen LogP) is 1.12. The number of hydrogen-bond acceptors (Lipinski definition) is 7. The molecular weight excluding hydrogens is 328 g/mol. The molecule has 0 amide bonds. The predicted molar refractivity (Wildman–Crippen MR) is 91.2 cm³/mol. The molecule has 4 heterocycles. The van der Waals surface area contributed by atoms with Gasteiger partial charge in [-0.15, -0.1) is 18.2 Å². The molecule has 126 valence electrons. The number of anilines is 1. The lowest BCUT2D eigenvalue weighted by Gasteiger charge is -2.23. The Hall–Kier alpha value is -1.79. The van der Waals surface area contributed by atoms with Crippen LogP contribution in [-0.4, -0.2) is 49.5 Å². The monoisotopic (exact) mass is 346 g/mol. The minimum absolute atomic E-state index is 0.0140. The molecular formula is C16H18N4O3S. The van der Waals surface area contributed by atoms with Crippen LogP contribution in [0.25, 0.3) is 11.0 Å². The molecule has 0 aromatic carbocycles. The van der Waals surface area contributed by atoms with Gasteiger partial charge >= 0.3 is 0 Å². The van der Waals surface area contributed by atoms with Crippen molar-refractivity contribution in [3.05, 3.63) is 18.1 Å². The molecule has 2 aliphatic rings. The van der Waals surface area contributed by atoms with E-state index in [-0.39, 0.29) is 29.4 Å². The topological polar surface area (TPSA) is 95.4 Å². The van der Waals surface area contributed by atoms with Crippen LogP contribution >= 0.6 is 11.8 Å². The molecule has 2 aliphatic heterocycles. The van der Waals surface area contributed by atoms with Gasteiger partial charge in [-0.05, 0) is 13.8 Å². The van der Waals surface area contributed by atoms with Crippen molar-refractivity contribution in [3.8, 4) is 12.3 Å². The van der Waals surface area contributed by atoms with Crippen molar-refractivity contribution in [2.45, 2.75) is 42.5 Å². The van der Waals surface area contributed by atoms with Crippen LogP contribution in [0, 0.1) is 12.3 Å². The van der Waals surface area contributed by atoms with Crippen molar-refractivity contribution in [2.24, 2.45) is 0 Å². The summed E-state index contributed by atoms with van der Waals surface area (Å²) < 4.78 is 14.0. The highest BCUT2D eigenvalue weighted by Crippen LogP contribution is 2.51. The summed E-state index contributed by atoms with van der Waals surface area (Å²) in [5.41, 5.74) is 7.29. The molecule has 2 aromatic heterocycles. The highest BCUT2D eigenvalue weighted by Gasteiger charge is 2.55. The molecule has 2 aromatic rings. The van der Waals surface area contributed by atoms with Crippen molar-refractivity contribution in [3.63, 3.8) is 0 Å². The summed E-state index contributed by atoms with van der Waals surface area (Å²) in [4.78, 5) is 8.39. The van der Waals surface area contributed by atoms with Crippen molar-refractivity contribution >= 4 is 28.6 Å². The van der Waals surface area contributed by atoms with E-state index in [1.54, 1.807) is 11.8 Å². The number of rotatable bonds is 2. The van der Waals surface area contributed by atoms with E-state index in [0.29, 0.717) is 22.4 Å². The van der Waals surface area contributed by atoms with E-state index < -0.39 is 5.79 Å². The quantitative estimate of drug-likeness (QED) is 0.787. The van der Waals surface area contributed by atoms with E-state index in [9.17, 15) is 5.11 Å². The van der Waals surface area contributed by atoms with Crippen LogP contribution in [0.1, 0.15) is 24.8 Å². The normalized spacial score (nSPS) is 31.2. The van der Waals surface area contributed by atoms with Gasteiger partial charge in [0.2, 0.25) is 0 Å². The molecule has 4 rings (SSSR count). The number of nitrogens with two attached hydrogens (primary N) is 1. The molecule has 0 spiro atoms. The summed E-state index contributed by atoms with van der Waals surface area (Å²) in [7, 11) is 0. The highest BCUT2D eigenvalue weighted by molar-refractivity contribution is 8.00. The Morgan fingerprint density at radius 2 is 2.17 bits per heavy atom. The lowest BCUT2D eigenvalue weighted by molar-refractivity contribution is -0.149. The smallest absolute Gasteiger partial charge is 0.163 e. The molecule has 8 heteroatoms. The largest absolute Gasteiger partial charge is 0.395 e. The molecule has 4 atom stereocenters. The van der Waals surface area contributed by atoms with Crippen molar-refractivity contribution in [2.75, 3.05) is 12.3 Å². The lowest BCUT2D eigenvalue weighted by atomic mass is 10.1. The second kappa shape index (κ2) is 5.36. The molecule has 2 fully saturated rings. The molecule has 0 aliphatic carbocycles. The van der Waals surface area contributed by atoms with Crippen LogP contribution in [0.4, 0.5) is 5.82 Å². The first kappa shape index (κ1) is 15.7. The number of nitrogens with zero attached hydrogens (tertiary/aromatic N) is 3. The maximum absolute atomic E-state index is 9.71. The first-order valence-electron chi connectivity index (χ1n) is 7.65. The molecule has 0 bridgehead atoms. The highest BCUT2D eigenvalue weighted by atomic mass is 32.2. The first-order chi connectivity index (χ1) is 11.4. The lowest BCUT2D eigenvalue weighted by Crippen LogP contribution is -2.30. The summed E-state index contributed by atoms with van der Waals surface area (Å²) >= 11 is 1.59. The zero-order valence-corrected chi connectivity index (χ0v) is 14.2. The fourth-order valence-corrected chi connectivity index (χ4v) is 4.91. The van der Waals surface area contributed by atoms with Crippen LogP contribution in [-0.2, 0) is 9.47 Å². The molecule has 2 saturated heterocycles. The van der Waals surface area contributed by atoms with Gasteiger partial charge in [0, 0.05) is 6.20 Å². The first-order valence-corrected chi connectivity index (χ1v) is 8.59. The number of ether oxygens (including phenoxy) is 2. The molecule has 0 saturated carbocycles. The number of terminal acetylenes is 1. The Kier molecular flexibility index (Phi) is 3.51. The van der Waals surface area contributed by atoms with Crippen LogP contribution in [0.2, 0.25) is 0 Å². The maximum atomic E-state index is 9.71. The van der Waals surface area contributed by atoms with Crippen LogP contribution in [0.5, 0.6) is 0 Å². The van der Waals surface area contributed by atoms with E-state index in [2.05, 4.69) is 15.9 Å².